The number of carbonyl (C=O) groups excluding carboxylic acids is 2. The second-order valence-corrected chi connectivity index (χ2v) is 8.11. The van der Waals surface area contributed by atoms with E-state index >= 15 is 0 Å². The summed E-state index contributed by atoms with van der Waals surface area (Å²) in [7, 11) is 4.51. The van der Waals surface area contributed by atoms with Gasteiger partial charge in [-0.2, -0.15) is 0 Å². The van der Waals surface area contributed by atoms with Crippen molar-refractivity contribution in [3.63, 3.8) is 0 Å². The van der Waals surface area contributed by atoms with Gasteiger partial charge in [0, 0.05) is 30.6 Å². The van der Waals surface area contributed by atoms with Crippen molar-refractivity contribution in [3.8, 4) is 11.5 Å². The number of carbonyl (C=O) groups is 2. The van der Waals surface area contributed by atoms with Crippen LogP contribution in [0.15, 0.2) is 30.5 Å². The van der Waals surface area contributed by atoms with Crippen LogP contribution in [-0.2, 0) is 27.4 Å². The van der Waals surface area contributed by atoms with Gasteiger partial charge in [0.05, 0.1) is 51.4 Å². The van der Waals surface area contributed by atoms with Gasteiger partial charge in [0.15, 0.2) is 17.2 Å². The van der Waals surface area contributed by atoms with E-state index in [0.29, 0.717) is 66.6 Å². The summed E-state index contributed by atoms with van der Waals surface area (Å²) >= 11 is 0. The Kier molecular flexibility index (Phi) is 7.40. The fourth-order valence-corrected chi connectivity index (χ4v) is 4.32. The van der Waals surface area contributed by atoms with E-state index < -0.39 is 5.97 Å². The molecule has 0 spiro atoms. The Morgan fingerprint density at radius 1 is 1.23 bits per heavy atom. The van der Waals surface area contributed by atoms with Crippen molar-refractivity contribution >= 4 is 34.3 Å². The second-order valence-electron chi connectivity index (χ2n) is 8.11. The molecule has 1 aliphatic heterocycles. The molecule has 1 fully saturated rings. The topological polar surface area (TPSA) is 113 Å². The van der Waals surface area contributed by atoms with Gasteiger partial charge in [-0.25, -0.2) is 9.78 Å². The number of hydrogen-bond donors (Lipinski definition) is 2. The first-order chi connectivity index (χ1) is 17.0. The zero-order chi connectivity index (χ0) is 24.9. The Morgan fingerprint density at radius 2 is 2.06 bits per heavy atom. The molecule has 0 bridgehead atoms. The number of hydrogen-bond acceptors (Lipinski definition) is 8. The highest BCUT2D eigenvalue weighted by Gasteiger charge is 2.29. The molecule has 1 amide bonds. The molecule has 2 aromatic heterocycles. The number of benzene rings is 1. The van der Waals surface area contributed by atoms with Gasteiger partial charge in [0.2, 0.25) is 5.91 Å². The van der Waals surface area contributed by atoms with E-state index in [9.17, 15) is 9.59 Å². The molecule has 0 saturated carbocycles. The second kappa shape index (κ2) is 10.6. The Balaban J connectivity index is 1.71. The number of methoxy groups -OCH3 is 3. The third-order valence-electron chi connectivity index (χ3n) is 6.11. The molecule has 1 atom stereocenters. The Labute approximate surface area is 203 Å². The summed E-state index contributed by atoms with van der Waals surface area (Å²) in [6, 6.07) is 7.54. The summed E-state index contributed by atoms with van der Waals surface area (Å²) in [6.45, 7) is 3.74. The zero-order valence-corrected chi connectivity index (χ0v) is 20.3. The maximum Gasteiger partial charge on any atom is 0.356 e. The zero-order valence-electron chi connectivity index (χ0n) is 20.3. The fraction of sp³-hybridized carbons (Fsp3) is 0.400. The normalized spacial score (nSPS) is 15.1. The Morgan fingerprint density at radius 3 is 2.71 bits per heavy atom. The number of nitrogens with zero attached hydrogens (tertiary/aromatic N) is 2. The number of anilines is 2. The molecule has 0 unspecified atom stereocenters. The highest BCUT2D eigenvalue weighted by Crippen LogP contribution is 2.34. The minimum Gasteiger partial charge on any atom is -0.493 e. The Bertz CT molecular complexity index is 1230. The standard InChI is InChI=1S/C25H30N4O6/c1-5-29-21(25(31)34-4)20(28-24(30)16-9-10-35-14-16)18-11-17(13-27-23(18)29)26-12-15-7-6-8-19(32-2)22(15)33-3/h6-8,11,13,16,26H,5,9-10,12,14H2,1-4H3,(H,28,30)/t16-/m1/s1. The number of ether oxygens (including phenoxy) is 4. The lowest BCUT2D eigenvalue weighted by atomic mass is 10.1. The molecule has 2 N–H and O–H groups in total. The lowest BCUT2D eigenvalue weighted by Crippen LogP contribution is -2.24. The van der Waals surface area contributed by atoms with E-state index in [0.717, 1.165) is 5.56 Å². The van der Waals surface area contributed by atoms with Crippen LogP contribution in [0.4, 0.5) is 11.4 Å². The van der Waals surface area contributed by atoms with E-state index in [1.165, 1.54) is 7.11 Å². The highest BCUT2D eigenvalue weighted by atomic mass is 16.5. The first-order valence-electron chi connectivity index (χ1n) is 11.4. The molecule has 1 aromatic carbocycles. The van der Waals surface area contributed by atoms with Crippen LogP contribution in [0.1, 0.15) is 29.4 Å². The van der Waals surface area contributed by atoms with E-state index in [2.05, 4.69) is 15.6 Å². The molecular weight excluding hydrogens is 452 g/mol. The minimum atomic E-state index is -0.543. The molecule has 10 heteroatoms. The van der Waals surface area contributed by atoms with Crippen LogP contribution in [0.5, 0.6) is 11.5 Å². The molecule has 0 aliphatic carbocycles. The molecule has 1 saturated heterocycles. The van der Waals surface area contributed by atoms with Crippen LogP contribution in [0, 0.1) is 5.92 Å². The summed E-state index contributed by atoms with van der Waals surface area (Å²) < 4.78 is 23.0. The van der Waals surface area contributed by atoms with Crippen LogP contribution in [0.2, 0.25) is 0 Å². The number of esters is 1. The molecule has 3 aromatic rings. The van der Waals surface area contributed by atoms with Crippen LogP contribution in [-0.4, -0.2) is 56.0 Å². The molecule has 10 nitrogen and oxygen atoms in total. The van der Waals surface area contributed by atoms with Crippen molar-refractivity contribution in [2.24, 2.45) is 5.92 Å². The van der Waals surface area contributed by atoms with Crippen LogP contribution < -0.4 is 20.1 Å². The third-order valence-corrected chi connectivity index (χ3v) is 6.11. The molecular formula is C25H30N4O6. The lowest BCUT2D eigenvalue weighted by molar-refractivity contribution is -0.119. The predicted octanol–water partition coefficient (Wildman–Crippen LogP) is 3.45. The van der Waals surface area contributed by atoms with Gasteiger partial charge in [-0.15, -0.1) is 0 Å². The number of aromatic nitrogens is 2. The van der Waals surface area contributed by atoms with Crippen molar-refractivity contribution in [1.82, 2.24) is 9.55 Å². The van der Waals surface area contributed by atoms with Crippen LogP contribution >= 0.6 is 0 Å². The molecule has 35 heavy (non-hydrogen) atoms. The van der Waals surface area contributed by atoms with Gasteiger partial charge < -0.3 is 34.1 Å². The highest BCUT2D eigenvalue weighted by molar-refractivity contribution is 6.11. The van der Waals surface area contributed by atoms with Gasteiger partial charge >= 0.3 is 5.97 Å². The molecule has 0 radical (unpaired) electrons. The minimum absolute atomic E-state index is 0.192. The van der Waals surface area contributed by atoms with Crippen molar-refractivity contribution in [2.75, 3.05) is 45.2 Å². The first kappa shape index (κ1) is 24.3. The first-order valence-corrected chi connectivity index (χ1v) is 11.4. The maximum atomic E-state index is 12.9. The number of rotatable bonds is 9. The summed E-state index contributed by atoms with van der Waals surface area (Å²) in [5, 5.41) is 6.94. The van der Waals surface area contributed by atoms with E-state index in [4.69, 9.17) is 18.9 Å². The Hall–Kier alpha value is -3.79. The monoisotopic (exact) mass is 482 g/mol. The summed E-state index contributed by atoms with van der Waals surface area (Å²) in [4.78, 5) is 30.3. The predicted molar refractivity (Wildman–Crippen MR) is 131 cm³/mol. The average molecular weight is 483 g/mol. The molecule has 4 rings (SSSR count). The summed E-state index contributed by atoms with van der Waals surface area (Å²) in [5.74, 6) is 0.286. The van der Waals surface area contributed by atoms with Crippen molar-refractivity contribution in [2.45, 2.75) is 26.4 Å². The van der Waals surface area contributed by atoms with Gasteiger partial charge in [-0.3, -0.25) is 4.79 Å². The smallest absolute Gasteiger partial charge is 0.356 e. The largest absolute Gasteiger partial charge is 0.493 e. The van der Waals surface area contributed by atoms with Crippen molar-refractivity contribution < 1.29 is 28.5 Å². The summed E-state index contributed by atoms with van der Waals surface area (Å²) in [6.07, 6.45) is 2.33. The van der Waals surface area contributed by atoms with E-state index in [1.54, 1.807) is 25.0 Å². The van der Waals surface area contributed by atoms with Gasteiger partial charge in [-0.05, 0) is 25.5 Å². The number of amides is 1. The fourth-order valence-electron chi connectivity index (χ4n) is 4.32. The van der Waals surface area contributed by atoms with E-state index in [1.807, 2.05) is 31.2 Å². The van der Waals surface area contributed by atoms with E-state index in [-0.39, 0.29) is 17.5 Å². The number of aryl methyl sites for hydroxylation is 1. The molecule has 186 valence electrons. The molecule has 3 heterocycles. The van der Waals surface area contributed by atoms with Crippen molar-refractivity contribution in [1.29, 1.82) is 0 Å². The molecule has 1 aliphatic rings. The van der Waals surface area contributed by atoms with Gasteiger partial charge in [0.25, 0.3) is 0 Å². The number of fused-ring (bicyclic) bond motifs is 1. The van der Waals surface area contributed by atoms with Crippen LogP contribution in [0.25, 0.3) is 11.0 Å². The quantitative estimate of drug-likeness (QED) is 0.446. The number of nitrogens with one attached hydrogen (secondary N) is 2. The van der Waals surface area contributed by atoms with Crippen LogP contribution in [0.3, 0.4) is 0 Å². The van der Waals surface area contributed by atoms with Gasteiger partial charge in [0.1, 0.15) is 5.65 Å². The van der Waals surface area contributed by atoms with Gasteiger partial charge in [-0.1, -0.05) is 12.1 Å². The average Bonchev–Trinajstić information content (AvgIpc) is 3.53. The number of para-hydroxylation sites is 1. The third kappa shape index (κ3) is 4.74. The maximum absolute atomic E-state index is 12.9. The lowest BCUT2D eigenvalue weighted by Gasteiger charge is -2.14. The summed E-state index contributed by atoms with van der Waals surface area (Å²) in [5.41, 5.74) is 2.85. The number of pyridine rings is 1. The van der Waals surface area contributed by atoms with Crippen molar-refractivity contribution in [3.05, 3.63) is 41.7 Å². The SMILES string of the molecule is CCn1c(C(=O)OC)c(NC(=O)[C@@H]2CCOC2)c2cc(NCc3cccc(OC)c3OC)cnc21.